The molecule has 1 N–H and O–H groups in total. The molecule has 2 amide bonds. The van der Waals surface area contributed by atoms with E-state index in [0.29, 0.717) is 12.3 Å². The van der Waals surface area contributed by atoms with E-state index in [1.807, 2.05) is 56.3 Å². The number of rotatable bonds is 9. The third kappa shape index (κ3) is 6.98. The molecule has 0 saturated heterocycles. The highest BCUT2D eigenvalue weighted by atomic mass is 16.5. The highest BCUT2D eigenvalue weighted by molar-refractivity contribution is 5.88. The van der Waals surface area contributed by atoms with Crippen molar-refractivity contribution in [3.8, 4) is 11.5 Å². The van der Waals surface area contributed by atoms with Gasteiger partial charge in [0, 0.05) is 12.6 Å². The summed E-state index contributed by atoms with van der Waals surface area (Å²) in [4.78, 5) is 27.9. The zero-order chi connectivity index (χ0) is 23.8. The number of benzene rings is 2. The molecular formula is C27H36N2O4. The van der Waals surface area contributed by atoms with Crippen LogP contribution in [0.4, 0.5) is 0 Å². The van der Waals surface area contributed by atoms with Crippen molar-refractivity contribution in [1.82, 2.24) is 10.2 Å². The van der Waals surface area contributed by atoms with Gasteiger partial charge in [-0.05, 0) is 68.5 Å². The second-order valence-electron chi connectivity index (χ2n) is 8.95. The minimum Gasteiger partial charge on any atom is -0.497 e. The number of nitrogens with one attached hydrogen (secondary N) is 1. The topological polar surface area (TPSA) is 67.9 Å². The minimum absolute atomic E-state index is 0.115. The first-order chi connectivity index (χ1) is 15.9. The lowest BCUT2D eigenvalue weighted by molar-refractivity contribution is -0.142. The Hall–Kier alpha value is -3.02. The van der Waals surface area contributed by atoms with Gasteiger partial charge in [-0.15, -0.1) is 0 Å². The van der Waals surface area contributed by atoms with Crippen LogP contribution >= 0.6 is 0 Å². The maximum Gasteiger partial charge on any atom is 0.261 e. The van der Waals surface area contributed by atoms with E-state index in [-0.39, 0.29) is 24.5 Å². The number of carbonyl (C=O) groups excluding carboxylic acids is 2. The summed E-state index contributed by atoms with van der Waals surface area (Å²) in [6, 6.07) is 13.0. The lowest BCUT2D eigenvalue weighted by Crippen LogP contribution is -2.51. The highest BCUT2D eigenvalue weighted by Crippen LogP contribution is 2.21. The van der Waals surface area contributed by atoms with Crippen LogP contribution in [0.15, 0.2) is 42.5 Å². The van der Waals surface area contributed by atoms with E-state index in [0.717, 1.165) is 48.1 Å². The van der Waals surface area contributed by atoms with Crippen molar-refractivity contribution in [3.05, 3.63) is 59.2 Å². The number of ether oxygens (including phenoxy) is 2. The van der Waals surface area contributed by atoms with Gasteiger partial charge in [-0.1, -0.05) is 43.5 Å². The summed E-state index contributed by atoms with van der Waals surface area (Å²) in [5.74, 6) is 1.10. The molecule has 0 aromatic heterocycles. The van der Waals surface area contributed by atoms with Gasteiger partial charge in [0.25, 0.3) is 5.91 Å². The molecule has 2 aromatic rings. The number of amides is 2. The standard InChI is InChI=1S/C27H36N2O4/c1-19-10-11-20(2)25(16-19)33-18-26(30)29(17-22-12-14-24(32-4)15-13-22)21(3)27(31)28-23-8-6-5-7-9-23/h10-16,21,23H,5-9,17-18H2,1-4H3,(H,28,31). The molecule has 1 aliphatic rings. The van der Waals surface area contributed by atoms with Gasteiger partial charge in [0.05, 0.1) is 7.11 Å². The van der Waals surface area contributed by atoms with Gasteiger partial charge in [0.1, 0.15) is 17.5 Å². The SMILES string of the molecule is COc1ccc(CN(C(=O)COc2cc(C)ccc2C)C(C)C(=O)NC2CCCCC2)cc1. The Morgan fingerprint density at radius 2 is 1.76 bits per heavy atom. The summed E-state index contributed by atoms with van der Waals surface area (Å²) in [6.45, 7) is 5.92. The van der Waals surface area contributed by atoms with Crippen molar-refractivity contribution >= 4 is 11.8 Å². The van der Waals surface area contributed by atoms with Crippen LogP contribution in [-0.2, 0) is 16.1 Å². The van der Waals surface area contributed by atoms with E-state index >= 15 is 0 Å². The van der Waals surface area contributed by atoms with Gasteiger partial charge in [-0.3, -0.25) is 9.59 Å². The number of methoxy groups -OCH3 is 1. The van der Waals surface area contributed by atoms with Crippen molar-refractivity contribution in [1.29, 1.82) is 0 Å². The Bertz CT molecular complexity index is 936. The van der Waals surface area contributed by atoms with Gasteiger partial charge < -0.3 is 19.7 Å². The van der Waals surface area contributed by atoms with Gasteiger partial charge >= 0.3 is 0 Å². The van der Waals surface area contributed by atoms with Crippen molar-refractivity contribution in [3.63, 3.8) is 0 Å². The van der Waals surface area contributed by atoms with Crippen molar-refractivity contribution < 1.29 is 19.1 Å². The number of nitrogens with zero attached hydrogens (tertiary/aromatic N) is 1. The molecule has 33 heavy (non-hydrogen) atoms. The van der Waals surface area contributed by atoms with Crippen LogP contribution in [-0.4, -0.2) is 42.5 Å². The number of hydrogen-bond donors (Lipinski definition) is 1. The Morgan fingerprint density at radius 3 is 2.42 bits per heavy atom. The molecule has 0 aliphatic heterocycles. The Balaban J connectivity index is 1.73. The lowest BCUT2D eigenvalue weighted by atomic mass is 9.95. The molecule has 0 bridgehead atoms. The van der Waals surface area contributed by atoms with Crippen LogP contribution in [0.2, 0.25) is 0 Å². The van der Waals surface area contributed by atoms with Crippen LogP contribution in [0.5, 0.6) is 11.5 Å². The largest absolute Gasteiger partial charge is 0.497 e. The number of hydrogen-bond acceptors (Lipinski definition) is 4. The molecule has 6 nitrogen and oxygen atoms in total. The fraction of sp³-hybridized carbons (Fsp3) is 0.481. The second kappa shape index (κ2) is 11.7. The zero-order valence-corrected chi connectivity index (χ0v) is 20.2. The molecule has 1 atom stereocenters. The maximum absolute atomic E-state index is 13.3. The van der Waals surface area contributed by atoms with Crippen molar-refractivity contribution in [2.24, 2.45) is 0 Å². The molecular weight excluding hydrogens is 416 g/mol. The first-order valence-electron chi connectivity index (χ1n) is 11.8. The van der Waals surface area contributed by atoms with E-state index < -0.39 is 6.04 Å². The predicted molar refractivity (Wildman–Crippen MR) is 129 cm³/mol. The summed E-state index contributed by atoms with van der Waals surface area (Å²) >= 11 is 0. The van der Waals surface area contributed by atoms with Gasteiger partial charge in [0.15, 0.2) is 6.61 Å². The third-order valence-electron chi connectivity index (χ3n) is 6.33. The molecule has 2 aromatic carbocycles. The molecule has 0 spiro atoms. The Kier molecular flexibility index (Phi) is 8.75. The van der Waals surface area contributed by atoms with Crippen LogP contribution < -0.4 is 14.8 Å². The molecule has 0 radical (unpaired) electrons. The normalized spacial score (nSPS) is 14.9. The van der Waals surface area contributed by atoms with Crippen LogP contribution in [0.1, 0.15) is 55.7 Å². The van der Waals surface area contributed by atoms with Crippen molar-refractivity contribution in [2.75, 3.05) is 13.7 Å². The van der Waals surface area contributed by atoms with Gasteiger partial charge in [-0.25, -0.2) is 0 Å². The van der Waals surface area contributed by atoms with E-state index in [9.17, 15) is 9.59 Å². The smallest absolute Gasteiger partial charge is 0.261 e. The number of aryl methyl sites for hydroxylation is 2. The molecule has 1 unspecified atom stereocenters. The molecule has 1 saturated carbocycles. The fourth-order valence-electron chi connectivity index (χ4n) is 4.16. The molecule has 0 heterocycles. The Morgan fingerprint density at radius 1 is 1.06 bits per heavy atom. The second-order valence-corrected chi connectivity index (χ2v) is 8.95. The Labute approximate surface area is 197 Å². The van der Waals surface area contributed by atoms with Crippen LogP contribution in [0, 0.1) is 13.8 Å². The van der Waals surface area contributed by atoms with E-state index in [1.165, 1.54) is 6.42 Å². The lowest BCUT2D eigenvalue weighted by Gasteiger charge is -2.31. The summed E-state index contributed by atoms with van der Waals surface area (Å²) in [5.41, 5.74) is 2.96. The van der Waals surface area contributed by atoms with E-state index in [1.54, 1.807) is 18.9 Å². The molecule has 1 fully saturated rings. The fourth-order valence-corrected chi connectivity index (χ4v) is 4.16. The predicted octanol–water partition coefficient (Wildman–Crippen LogP) is 4.56. The first kappa shape index (κ1) is 24.6. The monoisotopic (exact) mass is 452 g/mol. The van der Waals surface area contributed by atoms with E-state index in [4.69, 9.17) is 9.47 Å². The molecule has 3 rings (SSSR count). The average Bonchev–Trinajstić information content (AvgIpc) is 2.83. The van der Waals surface area contributed by atoms with Crippen molar-refractivity contribution in [2.45, 2.75) is 71.5 Å². The van der Waals surface area contributed by atoms with Crippen LogP contribution in [0.25, 0.3) is 0 Å². The molecule has 178 valence electrons. The average molecular weight is 453 g/mol. The molecule has 1 aliphatic carbocycles. The highest BCUT2D eigenvalue weighted by Gasteiger charge is 2.28. The summed E-state index contributed by atoms with van der Waals surface area (Å²) in [6.07, 6.45) is 5.50. The van der Waals surface area contributed by atoms with Gasteiger partial charge in [-0.2, -0.15) is 0 Å². The number of carbonyl (C=O) groups is 2. The summed E-state index contributed by atoms with van der Waals surface area (Å²) in [5, 5.41) is 3.15. The van der Waals surface area contributed by atoms with Gasteiger partial charge in [0.2, 0.25) is 5.91 Å². The van der Waals surface area contributed by atoms with Crippen LogP contribution in [0.3, 0.4) is 0 Å². The maximum atomic E-state index is 13.3. The zero-order valence-electron chi connectivity index (χ0n) is 20.2. The quantitative estimate of drug-likeness (QED) is 0.606. The summed E-state index contributed by atoms with van der Waals surface area (Å²) < 4.78 is 11.1. The third-order valence-corrected chi connectivity index (χ3v) is 6.33. The summed E-state index contributed by atoms with van der Waals surface area (Å²) in [7, 11) is 1.62. The minimum atomic E-state index is -0.608. The van der Waals surface area contributed by atoms with E-state index in [2.05, 4.69) is 5.32 Å². The first-order valence-corrected chi connectivity index (χ1v) is 11.8. The molecule has 6 heteroatoms.